The number of rotatable bonds is 7. The van der Waals surface area contributed by atoms with Crippen LogP contribution in [0.2, 0.25) is 0 Å². The molecule has 0 aromatic heterocycles. The molecule has 0 radical (unpaired) electrons. The number of likely N-dealkylation sites (tertiary alicyclic amines) is 1. The summed E-state index contributed by atoms with van der Waals surface area (Å²) in [5.74, 6) is 0.119. The summed E-state index contributed by atoms with van der Waals surface area (Å²) in [7, 11) is 1.85. The molecule has 1 rings (SSSR count). The second-order valence-corrected chi connectivity index (χ2v) is 5.33. The minimum absolute atomic E-state index is 0.119. The summed E-state index contributed by atoms with van der Waals surface area (Å²) in [6, 6.07) is 0.584. The summed E-state index contributed by atoms with van der Waals surface area (Å²) in [4.78, 5) is 17.6. The number of nitrogens with zero attached hydrogens (tertiary/aromatic N) is 3. The van der Waals surface area contributed by atoms with Crippen molar-refractivity contribution in [3.63, 3.8) is 0 Å². The van der Waals surface area contributed by atoms with E-state index in [-0.39, 0.29) is 12.6 Å². The Morgan fingerprint density at radius 1 is 1.32 bits per heavy atom. The number of likely N-dealkylation sites (N-methyl/N-ethyl adjacent to an activating group) is 2. The van der Waals surface area contributed by atoms with Gasteiger partial charge in [-0.3, -0.25) is 9.69 Å². The molecule has 1 aliphatic rings. The Labute approximate surface area is 116 Å². The highest BCUT2D eigenvalue weighted by Crippen LogP contribution is 2.16. The average Bonchev–Trinajstić information content (AvgIpc) is 2.41. The van der Waals surface area contributed by atoms with E-state index in [2.05, 4.69) is 16.7 Å². The van der Waals surface area contributed by atoms with Crippen molar-refractivity contribution in [1.82, 2.24) is 14.7 Å². The highest BCUT2D eigenvalue weighted by atomic mass is 19.1. The maximum Gasteiger partial charge on any atom is 0.219 e. The van der Waals surface area contributed by atoms with Crippen LogP contribution in [0.4, 0.5) is 4.39 Å². The first-order chi connectivity index (χ1) is 9.08. The van der Waals surface area contributed by atoms with Gasteiger partial charge in [0.2, 0.25) is 5.91 Å². The lowest BCUT2D eigenvalue weighted by Crippen LogP contribution is -2.47. The summed E-state index contributed by atoms with van der Waals surface area (Å²) in [6.45, 7) is 8.82. The largest absolute Gasteiger partial charge is 0.345 e. The summed E-state index contributed by atoms with van der Waals surface area (Å²) in [5.41, 5.74) is 0. The predicted molar refractivity (Wildman–Crippen MR) is 76.0 cm³/mol. The van der Waals surface area contributed by atoms with Crippen molar-refractivity contribution < 1.29 is 9.18 Å². The summed E-state index contributed by atoms with van der Waals surface area (Å²) in [6.07, 6.45) is 2.22. The molecule has 19 heavy (non-hydrogen) atoms. The highest BCUT2D eigenvalue weighted by molar-refractivity contribution is 5.72. The molecule has 1 amide bonds. The van der Waals surface area contributed by atoms with E-state index in [1.54, 1.807) is 11.8 Å². The average molecular weight is 273 g/mol. The second-order valence-electron chi connectivity index (χ2n) is 5.33. The van der Waals surface area contributed by atoms with Gasteiger partial charge in [-0.05, 0) is 32.5 Å². The normalized spacial score (nSPS) is 17.9. The Bertz CT molecular complexity index is 267. The van der Waals surface area contributed by atoms with Gasteiger partial charge in [0.25, 0.3) is 0 Å². The lowest BCUT2D eigenvalue weighted by Gasteiger charge is -2.38. The lowest BCUT2D eigenvalue weighted by molar-refractivity contribution is -0.127. The molecule has 0 bridgehead atoms. The number of amides is 1. The van der Waals surface area contributed by atoms with Gasteiger partial charge in [0.05, 0.1) is 0 Å². The molecule has 1 heterocycles. The van der Waals surface area contributed by atoms with Gasteiger partial charge < -0.3 is 9.80 Å². The predicted octanol–water partition coefficient (Wildman–Crippen LogP) is 1.22. The van der Waals surface area contributed by atoms with E-state index in [0.717, 1.165) is 45.6 Å². The lowest BCUT2D eigenvalue weighted by atomic mass is 10.0. The van der Waals surface area contributed by atoms with Gasteiger partial charge in [0, 0.05) is 39.6 Å². The van der Waals surface area contributed by atoms with Crippen molar-refractivity contribution in [3.8, 4) is 0 Å². The van der Waals surface area contributed by atoms with Gasteiger partial charge in [-0.25, -0.2) is 4.39 Å². The van der Waals surface area contributed by atoms with E-state index in [4.69, 9.17) is 0 Å². The van der Waals surface area contributed by atoms with Crippen molar-refractivity contribution in [3.05, 3.63) is 0 Å². The number of carbonyl (C=O) groups is 1. The first kappa shape index (κ1) is 16.4. The SMILES string of the molecule is CCN(CCN(C)C(C)=O)C1CCN(CCF)CC1. The number of piperidine rings is 1. The minimum atomic E-state index is -0.244. The molecule has 0 aromatic rings. The van der Waals surface area contributed by atoms with Crippen LogP contribution < -0.4 is 0 Å². The molecular formula is C14H28FN3O. The van der Waals surface area contributed by atoms with E-state index >= 15 is 0 Å². The molecule has 0 atom stereocenters. The Kier molecular flexibility index (Phi) is 7.31. The van der Waals surface area contributed by atoms with Crippen LogP contribution in [0.25, 0.3) is 0 Å². The fraction of sp³-hybridized carbons (Fsp3) is 0.929. The number of carbonyl (C=O) groups excluding carboxylic acids is 1. The van der Waals surface area contributed by atoms with E-state index in [9.17, 15) is 9.18 Å². The van der Waals surface area contributed by atoms with Crippen molar-refractivity contribution in [2.75, 3.05) is 53.0 Å². The van der Waals surface area contributed by atoms with Crippen LogP contribution in [0.15, 0.2) is 0 Å². The van der Waals surface area contributed by atoms with Gasteiger partial charge in [-0.2, -0.15) is 0 Å². The fourth-order valence-electron chi connectivity index (χ4n) is 2.66. The van der Waals surface area contributed by atoms with Gasteiger partial charge in [0.15, 0.2) is 0 Å². The maximum absolute atomic E-state index is 12.3. The number of hydrogen-bond acceptors (Lipinski definition) is 3. The van der Waals surface area contributed by atoms with Crippen LogP contribution in [-0.4, -0.2) is 79.6 Å². The maximum atomic E-state index is 12.3. The molecule has 0 aliphatic carbocycles. The molecule has 0 unspecified atom stereocenters. The Hall–Kier alpha value is -0.680. The third kappa shape index (κ3) is 5.45. The first-order valence-corrected chi connectivity index (χ1v) is 7.32. The van der Waals surface area contributed by atoms with Crippen LogP contribution in [-0.2, 0) is 4.79 Å². The van der Waals surface area contributed by atoms with Crippen molar-refractivity contribution >= 4 is 5.91 Å². The summed E-state index contributed by atoms with van der Waals surface area (Å²) >= 11 is 0. The fourth-order valence-corrected chi connectivity index (χ4v) is 2.66. The quantitative estimate of drug-likeness (QED) is 0.698. The second kappa shape index (κ2) is 8.48. The zero-order valence-corrected chi connectivity index (χ0v) is 12.6. The minimum Gasteiger partial charge on any atom is -0.345 e. The molecule has 5 heteroatoms. The summed E-state index contributed by atoms with van der Waals surface area (Å²) in [5, 5.41) is 0. The Balaban J connectivity index is 2.33. The van der Waals surface area contributed by atoms with Crippen molar-refractivity contribution in [2.24, 2.45) is 0 Å². The monoisotopic (exact) mass is 273 g/mol. The molecule has 1 saturated heterocycles. The molecule has 1 fully saturated rings. The molecule has 0 aromatic carbocycles. The third-order valence-corrected chi connectivity index (χ3v) is 4.14. The molecule has 1 aliphatic heterocycles. The topological polar surface area (TPSA) is 26.8 Å². The molecule has 0 spiro atoms. The van der Waals surface area contributed by atoms with Gasteiger partial charge in [-0.1, -0.05) is 6.92 Å². The van der Waals surface area contributed by atoms with Gasteiger partial charge >= 0.3 is 0 Å². The number of alkyl halides is 1. The Morgan fingerprint density at radius 3 is 2.42 bits per heavy atom. The standard InChI is InChI=1S/C14H28FN3O/c1-4-18(12-11-16(3)13(2)19)14-5-8-17(9-6-14)10-7-15/h14H,4-12H2,1-3H3. The zero-order chi connectivity index (χ0) is 14.3. The molecule has 0 N–H and O–H groups in total. The van der Waals surface area contributed by atoms with E-state index in [1.807, 2.05) is 7.05 Å². The third-order valence-electron chi connectivity index (χ3n) is 4.14. The molecule has 0 saturated carbocycles. The van der Waals surface area contributed by atoms with Crippen LogP contribution in [0, 0.1) is 0 Å². The van der Waals surface area contributed by atoms with Crippen LogP contribution in [0.5, 0.6) is 0 Å². The van der Waals surface area contributed by atoms with Gasteiger partial charge in [0.1, 0.15) is 6.67 Å². The van der Waals surface area contributed by atoms with Crippen LogP contribution in [0.3, 0.4) is 0 Å². The molecular weight excluding hydrogens is 245 g/mol. The van der Waals surface area contributed by atoms with E-state index in [1.165, 1.54) is 0 Å². The van der Waals surface area contributed by atoms with Gasteiger partial charge in [-0.15, -0.1) is 0 Å². The molecule has 4 nitrogen and oxygen atoms in total. The van der Waals surface area contributed by atoms with Crippen molar-refractivity contribution in [1.29, 1.82) is 0 Å². The van der Waals surface area contributed by atoms with E-state index in [0.29, 0.717) is 12.6 Å². The van der Waals surface area contributed by atoms with Crippen LogP contribution in [0.1, 0.15) is 26.7 Å². The number of hydrogen-bond donors (Lipinski definition) is 0. The Morgan fingerprint density at radius 2 is 1.95 bits per heavy atom. The smallest absolute Gasteiger partial charge is 0.219 e. The first-order valence-electron chi connectivity index (χ1n) is 7.32. The molecule has 112 valence electrons. The summed E-state index contributed by atoms with van der Waals surface area (Å²) < 4.78 is 12.3. The zero-order valence-electron chi connectivity index (χ0n) is 12.6. The highest BCUT2D eigenvalue weighted by Gasteiger charge is 2.23. The number of halogens is 1. The van der Waals surface area contributed by atoms with E-state index < -0.39 is 0 Å². The van der Waals surface area contributed by atoms with Crippen molar-refractivity contribution in [2.45, 2.75) is 32.7 Å². The van der Waals surface area contributed by atoms with Crippen LogP contribution >= 0.6 is 0 Å².